The summed E-state index contributed by atoms with van der Waals surface area (Å²) in [6.45, 7) is 4.92. The molecule has 5 nitrogen and oxygen atoms in total. The largest absolute Gasteiger partial charge is 0.400 e. The van der Waals surface area contributed by atoms with E-state index in [2.05, 4.69) is 0 Å². The lowest BCUT2D eigenvalue weighted by Crippen LogP contribution is -2.25. The summed E-state index contributed by atoms with van der Waals surface area (Å²) >= 11 is 0. The Morgan fingerprint density at radius 3 is 1.00 bits per heavy atom. The van der Waals surface area contributed by atoms with Crippen LogP contribution in [0, 0.1) is 0 Å². The van der Waals surface area contributed by atoms with Crippen LogP contribution in [0.2, 0.25) is 0 Å². The maximum absolute atomic E-state index is 7.00. The Balaban J connectivity index is -0.000000112. The molecule has 5 heteroatoms. The minimum Gasteiger partial charge on any atom is -0.400 e. The van der Waals surface area contributed by atoms with Gasteiger partial charge < -0.3 is 28.0 Å². The Morgan fingerprint density at radius 2 is 1.00 bits per heavy atom. The molecular formula is C7H24N4O. The highest BCUT2D eigenvalue weighted by Gasteiger charge is 1.80. The third kappa shape index (κ3) is 52.6. The fourth-order valence-electron chi connectivity index (χ4n) is 0. The Morgan fingerprint density at radius 1 is 0.917 bits per heavy atom. The maximum Gasteiger partial charge on any atom is 0.0319 e. The molecule has 0 amide bonds. The molecule has 78 valence electrons. The van der Waals surface area contributed by atoms with Crippen molar-refractivity contribution in [2.24, 2.45) is 22.9 Å². The molecule has 0 spiro atoms. The van der Waals surface area contributed by atoms with Crippen molar-refractivity contribution >= 4 is 0 Å². The fourth-order valence-corrected chi connectivity index (χ4v) is 0. The van der Waals surface area contributed by atoms with Crippen LogP contribution in [0.15, 0.2) is 0 Å². The second-order valence-electron chi connectivity index (χ2n) is 2.43. The second-order valence-corrected chi connectivity index (χ2v) is 2.43. The van der Waals surface area contributed by atoms with Gasteiger partial charge in [0, 0.05) is 32.3 Å². The smallest absolute Gasteiger partial charge is 0.0319 e. The molecule has 0 fully saturated rings. The van der Waals surface area contributed by atoms with E-state index in [0.717, 1.165) is 7.11 Å². The number of aliphatic hydroxyl groups excluding tert-OH is 1. The molecule has 0 aliphatic heterocycles. The van der Waals surface area contributed by atoms with Gasteiger partial charge in [-0.05, 0) is 13.8 Å². The molecular weight excluding hydrogens is 156 g/mol. The zero-order valence-corrected chi connectivity index (χ0v) is 8.33. The number of nitrogens with two attached hydrogens (primary N) is 4. The van der Waals surface area contributed by atoms with Crippen LogP contribution in [0.4, 0.5) is 0 Å². The first-order chi connectivity index (χ1) is 5.54. The first-order valence-electron chi connectivity index (χ1n) is 3.90. The van der Waals surface area contributed by atoms with Gasteiger partial charge in [0.15, 0.2) is 0 Å². The average molecular weight is 180 g/mol. The molecule has 0 aliphatic carbocycles. The van der Waals surface area contributed by atoms with Crippen molar-refractivity contribution in [2.45, 2.75) is 25.9 Å². The molecule has 12 heavy (non-hydrogen) atoms. The standard InChI is InChI=1S/2C3H10N2.CH4O/c2*1-3(5)2-4;1-2/h2*3H,2,4-5H2,1H3;2H,1H3. The summed E-state index contributed by atoms with van der Waals surface area (Å²) in [7, 11) is 1.00. The molecule has 0 aromatic rings. The lowest BCUT2D eigenvalue weighted by molar-refractivity contribution is 0.399. The minimum atomic E-state index is 0.162. The van der Waals surface area contributed by atoms with Crippen molar-refractivity contribution in [1.29, 1.82) is 0 Å². The quantitative estimate of drug-likeness (QED) is 0.343. The first kappa shape index (κ1) is 17.8. The van der Waals surface area contributed by atoms with Gasteiger partial charge in [-0.25, -0.2) is 0 Å². The van der Waals surface area contributed by atoms with Gasteiger partial charge in [-0.1, -0.05) is 0 Å². The molecule has 0 aliphatic rings. The van der Waals surface area contributed by atoms with E-state index in [0.29, 0.717) is 13.1 Å². The predicted octanol–water partition coefficient (Wildman–Crippen LogP) is -1.81. The Labute approximate surface area is 75.1 Å². The molecule has 2 atom stereocenters. The van der Waals surface area contributed by atoms with E-state index in [1.54, 1.807) is 0 Å². The highest BCUT2D eigenvalue weighted by Crippen LogP contribution is 1.59. The summed E-state index contributed by atoms with van der Waals surface area (Å²) < 4.78 is 0. The minimum absolute atomic E-state index is 0.162. The average Bonchev–Trinajstić information content (AvgIpc) is 2.09. The normalized spacial score (nSPS) is 13.0. The monoisotopic (exact) mass is 180 g/mol. The van der Waals surface area contributed by atoms with Gasteiger partial charge in [0.25, 0.3) is 0 Å². The van der Waals surface area contributed by atoms with Gasteiger partial charge >= 0.3 is 0 Å². The Bertz CT molecular complexity index is 51.4. The molecule has 0 radical (unpaired) electrons. The summed E-state index contributed by atoms with van der Waals surface area (Å²) in [6, 6.07) is 0.324. The van der Waals surface area contributed by atoms with Gasteiger partial charge in [-0.2, -0.15) is 0 Å². The molecule has 0 heterocycles. The van der Waals surface area contributed by atoms with E-state index < -0.39 is 0 Å². The molecule has 9 N–H and O–H groups in total. The van der Waals surface area contributed by atoms with Crippen LogP contribution in [-0.4, -0.2) is 37.4 Å². The topological polar surface area (TPSA) is 124 Å². The van der Waals surface area contributed by atoms with Crippen molar-refractivity contribution < 1.29 is 5.11 Å². The highest BCUT2D eigenvalue weighted by atomic mass is 16.2. The number of aliphatic hydroxyl groups is 1. The van der Waals surface area contributed by atoms with Crippen LogP contribution in [0.25, 0.3) is 0 Å². The van der Waals surface area contributed by atoms with Crippen LogP contribution < -0.4 is 22.9 Å². The maximum atomic E-state index is 7.00. The zero-order chi connectivity index (χ0) is 10.6. The molecule has 0 bridgehead atoms. The Hall–Kier alpha value is -0.200. The first-order valence-corrected chi connectivity index (χ1v) is 3.90. The zero-order valence-electron chi connectivity index (χ0n) is 8.33. The van der Waals surface area contributed by atoms with Gasteiger partial charge in [0.2, 0.25) is 0 Å². The summed E-state index contributed by atoms with van der Waals surface area (Å²) in [5.41, 5.74) is 20.4. The van der Waals surface area contributed by atoms with E-state index in [-0.39, 0.29) is 12.1 Å². The fraction of sp³-hybridized carbons (Fsp3) is 1.00. The number of hydrogen-bond donors (Lipinski definition) is 5. The third-order valence-corrected chi connectivity index (χ3v) is 0.744. The van der Waals surface area contributed by atoms with Gasteiger partial charge in [-0.3, -0.25) is 0 Å². The molecule has 0 saturated heterocycles. The lowest BCUT2D eigenvalue weighted by atomic mass is 10.4. The number of rotatable bonds is 2. The van der Waals surface area contributed by atoms with Gasteiger partial charge in [0.05, 0.1) is 0 Å². The van der Waals surface area contributed by atoms with Crippen molar-refractivity contribution in [3.05, 3.63) is 0 Å². The Kier molecular flexibility index (Phi) is 25.3. The molecule has 0 rings (SSSR count). The summed E-state index contributed by atoms with van der Waals surface area (Å²) in [5, 5.41) is 7.00. The lowest BCUT2D eigenvalue weighted by Gasteiger charge is -1.92. The van der Waals surface area contributed by atoms with Gasteiger partial charge in [0.1, 0.15) is 0 Å². The third-order valence-electron chi connectivity index (χ3n) is 0.744. The van der Waals surface area contributed by atoms with Crippen LogP contribution in [-0.2, 0) is 0 Å². The van der Waals surface area contributed by atoms with Crippen LogP contribution in [0.1, 0.15) is 13.8 Å². The van der Waals surface area contributed by atoms with E-state index >= 15 is 0 Å². The van der Waals surface area contributed by atoms with Crippen molar-refractivity contribution in [3.8, 4) is 0 Å². The summed E-state index contributed by atoms with van der Waals surface area (Å²) in [6.07, 6.45) is 0. The van der Waals surface area contributed by atoms with Gasteiger partial charge in [-0.15, -0.1) is 0 Å². The molecule has 0 aromatic heterocycles. The van der Waals surface area contributed by atoms with E-state index in [4.69, 9.17) is 28.0 Å². The number of hydrogen-bond acceptors (Lipinski definition) is 5. The molecule has 0 aromatic carbocycles. The predicted molar refractivity (Wildman–Crippen MR) is 53.6 cm³/mol. The van der Waals surface area contributed by atoms with Crippen molar-refractivity contribution in [3.63, 3.8) is 0 Å². The molecule has 0 saturated carbocycles. The van der Waals surface area contributed by atoms with Crippen LogP contribution >= 0.6 is 0 Å². The van der Waals surface area contributed by atoms with Crippen molar-refractivity contribution in [1.82, 2.24) is 0 Å². The van der Waals surface area contributed by atoms with Crippen LogP contribution in [0.3, 0.4) is 0 Å². The molecule has 2 unspecified atom stereocenters. The highest BCUT2D eigenvalue weighted by molar-refractivity contribution is 4.48. The van der Waals surface area contributed by atoms with Crippen molar-refractivity contribution in [2.75, 3.05) is 20.2 Å². The van der Waals surface area contributed by atoms with E-state index in [9.17, 15) is 0 Å². The summed E-state index contributed by atoms with van der Waals surface area (Å²) in [4.78, 5) is 0. The van der Waals surface area contributed by atoms with E-state index in [1.165, 1.54) is 0 Å². The summed E-state index contributed by atoms with van der Waals surface area (Å²) in [5.74, 6) is 0. The van der Waals surface area contributed by atoms with E-state index in [1.807, 2.05) is 13.8 Å². The van der Waals surface area contributed by atoms with Crippen LogP contribution in [0.5, 0.6) is 0 Å². The SMILES string of the molecule is CC(N)CN.CC(N)CN.CO. The second kappa shape index (κ2) is 17.0.